The molecule has 0 unspecified atom stereocenters. The number of amides is 3. The minimum absolute atomic E-state index is 0.0203. The summed E-state index contributed by atoms with van der Waals surface area (Å²) in [6.07, 6.45) is 8.11. The summed E-state index contributed by atoms with van der Waals surface area (Å²) in [5.41, 5.74) is 0.126. The molecule has 2 aliphatic rings. The average Bonchev–Trinajstić information content (AvgIpc) is 3.48. The number of thiophene rings is 1. The molecule has 0 aromatic carbocycles. The predicted molar refractivity (Wildman–Crippen MR) is 113 cm³/mol. The highest BCUT2D eigenvalue weighted by Crippen LogP contribution is 2.26. The number of likely N-dealkylation sites (tertiary alicyclic amines) is 1. The Hall–Kier alpha value is -2.81. The Morgan fingerprint density at radius 2 is 1.77 bits per heavy atom. The van der Waals surface area contributed by atoms with Crippen molar-refractivity contribution < 1.29 is 14.4 Å². The first kappa shape index (κ1) is 20.5. The lowest BCUT2D eigenvalue weighted by atomic mass is 10.0. The van der Waals surface area contributed by atoms with E-state index in [4.69, 9.17) is 0 Å². The zero-order valence-electron chi connectivity index (χ0n) is 16.7. The molecule has 2 aromatic heterocycles. The number of hydrogen-bond donors (Lipinski definition) is 2. The van der Waals surface area contributed by atoms with Crippen LogP contribution in [-0.2, 0) is 4.79 Å². The summed E-state index contributed by atoms with van der Waals surface area (Å²) in [5, 5.41) is 7.66. The van der Waals surface area contributed by atoms with Crippen LogP contribution < -0.4 is 10.6 Å². The van der Waals surface area contributed by atoms with E-state index < -0.39 is 0 Å². The van der Waals surface area contributed by atoms with Crippen LogP contribution >= 0.6 is 11.3 Å². The number of aromatic nitrogens is 2. The Bertz CT molecular complexity index is 903. The topological polar surface area (TPSA) is 104 Å². The first-order valence-corrected chi connectivity index (χ1v) is 11.3. The molecule has 2 fully saturated rings. The van der Waals surface area contributed by atoms with Gasteiger partial charge in [0.25, 0.3) is 11.8 Å². The summed E-state index contributed by atoms with van der Waals surface area (Å²) in [6.45, 7) is 1.18. The number of anilines is 1. The van der Waals surface area contributed by atoms with E-state index in [-0.39, 0.29) is 41.2 Å². The average molecular weight is 428 g/mol. The molecule has 9 heteroatoms. The maximum atomic E-state index is 12.8. The SMILES string of the molecule is O=C(NC1CCN(C(=O)c2cccs2)CC1)c1nccnc1NC(=O)C1CCCC1. The van der Waals surface area contributed by atoms with E-state index in [0.29, 0.717) is 25.9 Å². The largest absolute Gasteiger partial charge is 0.348 e. The molecule has 3 heterocycles. The maximum absolute atomic E-state index is 12.8. The molecular weight excluding hydrogens is 402 g/mol. The van der Waals surface area contributed by atoms with Gasteiger partial charge in [-0.15, -0.1) is 11.3 Å². The normalized spacial score (nSPS) is 17.7. The third kappa shape index (κ3) is 4.67. The van der Waals surface area contributed by atoms with Gasteiger partial charge >= 0.3 is 0 Å². The highest BCUT2D eigenvalue weighted by molar-refractivity contribution is 7.12. The quantitative estimate of drug-likeness (QED) is 0.763. The fourth-order valence-electron chi connectivity index (χ4n) is 4.04. The van der Waals surface area contributed by atoms with Gasteiger partial charge < -0.3 is 15.5 Å². The van der Waals surface area contributed by atoms with Crippen molar-refractivity contribution in [1.29, 1.82) is 0 Å². The Morgan fingerprint density at radius 3 is 2.47 bits per heavy atom. The van der Waals surface area contributed by atoms with Crippen molar-refractivity contribution in [3.63, 3.8) is 0 Å². The van der Waals surface area contributed by atoms with Crippen molar-refractivity contribution in [2.24, 2.45) is 5.92 Å². The molecule has 2 N–H and O–H groups in total. The van der Waals surface area contributed by atoms with E-state index in [1.807, 2.05) is 22.4 Å². The van der Waals surface area contributed by atoms with Crippen molar-refractivity contribution in [2.75, 3.05) is 18.4 Å². The first-order chi connectivity index (χ1) is 14.6. The van der Waals surface area contributed by atoms with Gasteiger partial charge in [0.1, 0.15) is 0 Å². The highest BCUT2D eigenvalue weighted by Gasteiger charge is 2.28. The van der Waals surface area contributed by atoms with Gasteiger partial charge in [-0.3, -0.25) is 14.4 Å². The van der Waals surface area contributed by atoms with Crippen LogP contribution in [0.2, 0.25) is 0 Å². The van der Waals surface area contributed by atoms with Gasteiger partial charge in [-0.2, -0.15) is 0 Å². The zero-order valence-corrected chi connectivity index (χ0v) is 17.5. The maximum Gasteiger partial charge on any atom is 0.273 e. The molecule has 4 rings (SSSR count). The third-order valence-electron chi connectivity index (χ3n) is 5.73. The van der Waals surface area contributed by atoms with E-state index in [9.17, 15) is 14.4 Å². The van der Waals surface area contributed by atoms with Crippen LogP contribution in [0.25, 0.3) is 0 Å². The smallest absolute Gasteiger partial charge is 0.273 e. The Morgan fingerprint density at radius 1 is 1.03 bits per heavy atom. The lowest BCUT2D eigenvalue weighted by Crippen LogP contribution is -2.46. The Labute approximate surface area is 179 Å². The van der Waals surface area contributed by atoms with Crippen molar-refractivity contribution >= 4 is 34.9 Å². The highest BCUT2D eigenvalue weighted by atomic mass is 32.1. The minimum atomic E-state index is -0.354. The van der Waals surface area contributed by atoms with Crippen LogP contribution in [0.3, 0.4) is 0 Å². The number of nitrogens with zero attached hydrogens (tertiary/aromatic N) is 3. The summed E-state index contributed by atoms with van der Waals surface area (Å²) in [4.78, 5) is 48.6. The number of nitrogens with one attached hydrogen (secondary N) is 2. The fraction of sp³-hybridized carbons (Fsp3) is 0.476. The molecule has 30 heavy (non-hydrogen) atoms. The lowest BCUT2D eigenvalue weighted by Gasteiger charge is -2.32. The van der Waals surface area contributed by atoms with Crippen molar-refractivity contribution in [3.05, 3.63) is 40.5 Å². The third-order valence-corrected chi connectivity index (χ3v) is 6.59. The standard InChI is InChI=1S/C21H25N5O3S/c27-19(14-4-1-2-5-14)25-18-17(22-9-10-23-18)20(28)24-15-7-11-26(12-8-15)21(29)16-6-3-13-30-16/h3,6,9-10,13-15H,1-2,4-5,7-8,11-12H2,(H,24,28)(H,23,25,27). The molecule has 1 saturated heterocycles. The van der Waals surface area contributed by atoms with E-state index >= 15 is 0 Å². The van der Waals surface area contributed by atoms with Crippen LogP contribution in [-0.4, -0.2) is 51.7 Å². The van der Waals surface area contributed by atoms with Crippen molar-refractivity contribution in [2.45, 2.75) is 44.6 Å². The second kappa shape index (κ2) is 9.34. The molecule has 1 saturated carbocycles. The summed E-state index contributed by atoms with van der Waals surface area (Å²) in [6, 6.07) is 3.65. The molecular formula is C21H25N5O3S. The van der Waals surface area contributed by atoms with Crippen LogP contribution in [0.1, 0.15) is 58.7 Å². The van der Waals surface area contributed by atoms with Gasteiger partial charge in [-0.1, -0.05) is 18.9 Å². The van der Waals surface area contributed by atoms with Gasteiger partial charge in [0.05, 0.1) is 4.88 Å². The zero-order chi connectivity index (χ0) is 20.9. The molecule has 0 spiro atoms. The van der Waals surface area contributed by atoms with E-state index in [2.05, 4.69) is 20.6 Å². The lowest BCUT2D eigenvalue weighted by molar-refractivity contribution is -0.119. The molecule has 2 aromatic rings. The van der Waals surface area contributed by atoms with E-state index in [1.165, 1.54) is 23.7 Å². The monoisotopic (exact) mass is 427 g/mol. The number of piperidine rings is 1. The molecule has 158 valence electrons. The second-order valence-electron chi connectivity index (χ2n) is 7.74. The number of carbonyl (C=O) groups is 3. The van der Waals surface area contributed by atoms with Gasteiger partial charge in [-0.25, -0.2) is 9.97 Å². The second-order valence-corrected chi connectivity index (χ2v) is 8.69. The number of hydrogen-bond acceptors (Lipinski definition) is 6. The molecule has 1 aliphatic heterocycles. The van der Waals surface area contributed by atoms with Gasteiger partial charge in [-0.05, 0) is 37.1 Å². The number of carbonyl (C=O) groups excluding carboxylic acids is 3. The van der Waals surface area contributed by atoms with Crippen LogP contribution in [0.4, 0.5) is 5.82 Å². The van der Waals surface area contributed by atoms with Crippen LogP contribution in [0.5, 0.6) is 0 Å². The van der Waals surface area contributed by atoms with Crippen molar-refractivity contribution in [3.8, 4) is 0 Å². The van der Waals surface area contributed by atoms with E-state index in [0.717, 1.165) is 30.6 Å². The molecule has 0 radical (unpaired) electrons. The molecule has 0 atom stereocenters. The predicted octanol–water partition coefficient (Wildman–Crippen LogP) is 2.70. The van der Waals surface area contributed by atoms with Crippen molar-refractivity contribution in [1.82, 2.24) is 20.2 Å². The molecule has 3 amide bonds. The summed E-state index contributed by atoms with van der Waals surface area (Å²) >= 11 is 1.44. The minimum Gasteiger partial charge on any atom is -0.348 e. The Kier molecular flexibility index (Phi) is 6.37. The van der Waals surface area contributed by atoms with Gasteiger partial charge in [0, 0.05) is 37.4 Å². The van der Waals surface area contributed by atoms with E-state index in [1.54, 1.807) is 0 Å². The summed E-state index contributed by atoms with van der Waals surface area (Å²) in [5.74, 6) is -0.221. The van der Waals surface area contributed by atoms with Crippen LogP contribution in [0, 0.1) is 5.92 Å². The van der Waals surface area contributed by atoms with Gasteiger partial charge in [0.2, 0.25) is 5.91 Å². The molecule has 8 nitrogen and oxygen atoms in total. The van der Waals surface area contributed by atoms with Crippen LogP contribution in [0.15, 0.2) is 29.9 Å². The molecule has 1 aliphatic carbocycles. The first-order valence-electron chi connectivity index (χ1n) is 10.4. The fourth-order valence-corrected chi connectivity index (χ4v) is 4.73. The van der Waals surface area contributed by atoms with Gasteiger partial charge in [0.15, 0.2) is 11.5 Å². The molecule has 0 bridgehead atoms. The Balaban J connectivity index is 1.33. The summed E-state index contributed by atoms with van der Waals surface area (Å²) < 4.78 is 0. The summed E-state index contributed by atoms with van der Waals surface area (Å²) in [7, 11) is 0. The number of rotatable bonds is 5.